The third-order valence-corrected chi connectivity index (χ3v) is 18.1. The first-order chi connectivity index (χ1) is 44.6. The first-order valence-electron chi connectivity index (χ1n) is 33.1. The summed E-state index contributed by atoms with van der Waals surface area (Å²) in [5.74, 6) is 0.309. The average molecular weight is 1290 g/mol. The summed E-state index contributed by atoms with van der Waals surface area (Å²) in [6.45, 7) is 27.0. The Balaban J connectivity index is 1.10. The molecule has 0 saturated carbocycles. The number of hydrogen-bond donors (Lipinski definition) is 0. The Labute approximate surface area is 557 Å². The van der Waals surface area contributed by atoms with Crippen LogP contribution in [0.4, 0.5) is 0 Å². The number of hydrogen-bond acceptors (Lipinski definition) is 15. The number of carbonyl (C=O) groups is 6. The van der Waals surface area contributed by atoms with E-state index in [9.17, 15) is 28.8 Å². The molecule has 0 fully saturated rings. The van der Waals surface area contributed by atoms with E-state index in [4.69, 9.17) is 42.6 Å². The van der Waals surface area contributed by atoms with Gasteiger partial charge in [-0.1, -0.05) is 126 Å². The predicted octanol–water partition coefficient (Wildman–Crippen LogP) is 15.5. The molecular weight excluding hydrogens is 1190 g/mol. The Morgan fingerprint density at radius 2 is 0.660 bits per heavy atom. The summed E-state index contributed by atoms with van der Waals surface area (Å²) in [4.78, 5) is 80.5. The summed E-state index contributed by atoms with van der Waals surface area (Å²) in [5.41, 5.74) is -2.46. The van der Waals surface area contributed by atoms with Crippen LogP contribution in [-0.2, 0) is 42.8 Å². The van der Waals surface area contributed by atoms with E-state index < -0.39 is 51.7 Å². The SMILES string of the molecule is CCC(COCC(C)OC(C)(C)C(=O)COc1ccc(C(=O)c2ccccc2)cc1)(COC(C)(CC)CC(C)OC(C)(CC)C(=O)COc1ccc(C(=O)c2ccccc2)cc1)COC(C)(CC)CC(C)OC(C)(CC)C(=O)COc1ccc(C(=O)c2ccccc2)cc1. The van der Waals surface area contributed by atoms with Crippen molar-refractivity contribution in [2.45, 2.75) is 188 Å². The zero-order valence-electron chi connectivity index (χ0n) is 57.8. The zero-order valence-corrected chi connectivity index (χ0v) is 57.8. The maximum absolute atomic E-state index is 14.0. The number of ether oxygens (including phenoxy) is 9. The highest BCUT2D eigenvalue weighted by Crippen LogP contribution is 2.36. The summed E-state index contributed by atoms with van der Waals surface area (Å²) in [5, 5.41) is 0. The average Bonchev–Trinajstić information content (AvgIpc) is 0.950. The minimum Gasteiger partial charge on any atom is -0.486 e. The molecule has 94 heavy (non-hydrogen) atoms. The fourth-order valence-electron chi connectivity index (χ4n) is 10.9. The van der Waals surface area contributed by atoms with Crippen LogP contribution in [0.2, 0.25) is 0 Å². The van der Waals surface area contributed by atoms with Gasteiger partial charge in [0, 0.05) is 51.6 Å². The van der Waals surface area contributed by atoms with Crippen LogP contribution in [0.25, 0.3) is 0 Å². The topological polar surface area (TPSA) is 185 Å². The molecule has 0 aliphatic carbocycles. The lowest BCUT2D eigenvalue weighted by atomic mass is 9.86. The first-order valence-corrected chi connectivity index (χ1v) is 33.1. The molecule has 0 N–H and O–H groups in total. The molecule has 0 aliphatic rings. The lowest BCUT2D eigenvalue weighted by Gasteiger charge is -2.42. The fraction of sp³-hybridized carbons (Fsp3) is 0.468. The van der Waals surface area contributed by atoms with Crippen molar-refractivity contribution in [3.8, 4) is 17.2 Å². The quantitative estimate of drug-likeness (QED) is 0.0329. The van der Waals surface area contributed by atoms with Gasteiger partial charge in [-0.05, 0) is 167 Å². The normalized spacial score (nSPS) is 15.9. The molecule has 0 aromatic heterocycles. The third-order valence-electron chi connectivity index (χ3n) is 18.1. The molecular formula is C79H100O15. The fourth-order valence-corrected chi connectivity index (χ4v) is 10.9. The molecule has 0 amide bonds. The van der Waals surface area contributed by atoms with Crippen molar-refractivity contribution in [3.05, 3.63) is 197 Å². The Morgan fingerprint density at radius 3 is 0.957 bits per heavy atom. The Bertz CT molecular complexity index is 3220. The van der Waals surface area contributed by atoms with Crippen molar-refractivity contribution in [2.24, 2.45) is 5.41 Å². The van der Waals surface area contributed by atoms with Gasteiger partial charge in [0.1, 0.15) is 53.9 Å². The second-order valence-electron chi connectivity index (χ2n) is 26.2. The summed E-state index contributed by atoms with van der Waals surface area (Å²) < 4.78 is 58.2. The van der Waals surface area contributed by atoms with E-state index in [1.165, 1.54) is 0 Å². The van der Waals surface area contributed by atoms with Gasteiger partial charge in [0.2, 0.25) is 17.3 Å². The van der Waals surface area contributed by atoms with Crippen molar-refractivity contribution < 1.29 is 71.4 Å². The van der Waals surface area contributed by atoms with Crippen molar-refractivity contribution in [2.75, 3.05) is 46.2 Å². The van der Waals surface area contributed by atoms with Crippen molar-refractivity contribution in [1.29, 1.82) is 0 Å². The Hall–Kier alpha value is -7.50. The maximum Gasteiger partial charge on any atom is 0.201 e. The molecule has 0 spiro atoms. The van der Waals surface area contributed by atoms with E-state index in [1.807, 2.05) is 103 Å². The van der Waals surface area contributed by atoms with Crippen LogP contribution in [0.1, 0.15) is 190 Å². The zero-order chi connectivity index (χ0) is 68.7. The number of Topliss-reactive ketones (excluding diaryl/α,β-unsaturated/α-hetero) is 3. The highest BCUT2D eigenvalue weighted by molar-refractivity contribution is 6.10. The molecule has 0 saturated heterocycles. The second kappa shape index (κ2) is 34.8. The molecule has 6 aromatic carbocycles. The summed E-state index contributed by atoms with van der Waals surface area (Å²) >= 11 is 0. The van der Waals surface area contributed by atoms with Crippen LogP contribution >= 0.6 is 0 Å². The summed E-state index contributed by atoms with van der Waals surface area (Å²) in [6.07, 6.45) is 2.16. The highest BCUT2D eigenvalue weighted by Gasteiger charge is 2.42. The summed E-state index contributed by atoms with van der Waals surface area (Å²) in [6, 6.07) is 47.3. The van der Waals surface area contributed by atoms with Crippen molar-refractivity contribution in [1.82, 2.24) is 0 Å². The molecule has 6 aromatic rings. The maximum atomic E-state index is 14.0. The standard InChI is InChI=1S/C79H100O15/c1-15-75(11,47-56(6)93-77(13,17-3)69(81)51-88-66-43-37-63(38-44-66)72(84)60-31-25-21-26-32-60)90-54-79(19-5,53-86-49-58(8)92-74(9,10)68(80)50-87-65-41-35-62(36-42-65)71(83)59-29-23-20-24-30-59)55-91-76(12,16-2)48-57(7)94-78(14,18-4)70(82)52-89-67-45-39-64(40-46-67)73(85)61-33-27-22-28-34-61/h20-46,56-58H,15-19,47-55H2,1-14H3. The largest absolute Gasteiger partial charge is 0.486 e. The van der Waals surface area contributed by atoms with E-state index in [2.05, 4.69) is 20.8 Å². The number of carbonyl (C=O) groups excluding carboxylic acids is 6. The van der Waals surface area contributed by atoms with E-state index in [1.54, 1.807) is 137 Å². The van der Waals surface area contributed by atoms with E-state index >= 15 is 0 Å². The molecule has 6 rings (SSSR count). The molecule has 506 valence electrons. The third kappa shape index (κ3) is 21.8. The lowest BCUT2D eigenvalue weighted by Crippen LogP contribution is -2.48. The number of ketones is 6. The molecule has 7 atom stereocenters. The number of rotatable bonds is 43. The molecule has 7 unspecified atom stereocenters. The predicted molar refractivity (Wildman–Crippen MR) is 366 cm³/mol. The molecule has 0 aliphatic heterocycles. The Kier molecular flexibility index (Phi) is 27.9. The van der Waals surface area contributed by atoms with Crippen molar-refractivity contribution >= 4 is 34.7 Å². The van der Waals surface area contributed by atoms with Crippen LogP contribution in [-0.4, -0.2) is 127 Å². The monoisotopic (exact) mass is 1290 g/mol. The van der Waals surface area contributed by atoms with Gasteiger partial charge in [-0.25, -0.2) is 0 Å². The minimum absolute atomic E-state index is 0.106. The second-order valence-corrected chi connectivity index (χ2v) is 26.2. The number of benzene rings is 6. The van der Waals surface area contributed by atoms with Crippen LogP contribution in [0, 0.1) is 5.41 Å². The molecule has 0 heterocycles. The van der Waals surface area contributed by atoms with Gasteiger partial charge in [0.15, 0.2) is 17.3 Å². The molecule has 15 nitrogen and oxygen atoms in total. The van der Waals surface area contributed by atoms with Crippen LogP contribution < -0.4 is 14.2 Å². The molecule has 15 heteroatoms. The summed E-state index contributed by atoms with van der Waals surface area (Å²) in [7, 11) is 0. The minimum atomic E-state index is -1.24. The van der Waals surface area contributed by atoms with Gasteiger partial charge < -0.3 is 42.6 Å². The van der Waals surface area contributed by atoms with Crippen molar-refractivity contribution in [3.63, 3.8) is 0 Å². The van der Waals surface area contributed by atoms with Gasteiger partial charge >= 0.3 is 0 Å². The first kappa shape index (κ1) is 75.5. The smallest absolute Gasteiger partial charge is 0.201 e. The van der Waals surface area contributed by atoms with E-state index in [0.717, 1.165) is 0 Å². The molecule has 0 radical (unpaired) electrons. The lowest BCUT2D eigenvalue weighted by molar-refractivity contribution is -0.181. The highest BCUT2D eigenvalue weighted by atomic mass is 16.6. The van der Waals surface area contributed by atoms with Gasteiger partial charge in [0.05, 0.1) is 55.9 Å². The Morgan fingerprint density at radius 1 is 0.351 bits per heavy atom. The van der Waals surface area contributed by atoms with Crippen LogP contribution in [0.5, 0.6) is 17.2 Å². The van der Waals surface area contributed by atoms with Crippen LogP contribution in [0.15, 0.2) is 164 Å². The molecule has 0 bridgehead atoms. The van der Waals surface area contributed by atoms with Gasteiger partial charge in [-0.15, -0.1) is 0 Å². The van der Waals surface area contributed by atoms with Crippen LogP contribution in [0.3, 0.4) is 0 Å². The van der Waals surface area contributed by atoms with Gasteiger partial charge in [0.25, 0.3) is 0 Å². The van der Waals surface area contributed by atoms with Gasteiger partial charge in [-0.3, -0.25) is 28.8 Å². The van der Waals surface area contributed by atoms with E-state index in [-0.39, 0.29) is 80.9 Å². The van der Waals surface area contributed by atoms with Gasteiger partial charge in [-0.2, -0.15) is 0 Å². The van der Waals surface area contributed by atoms with E-state index in [0.29, 0.717) is 95.6 Å².